The summed E-state index contributed by atoms with van der Waals surface area (Å²) in [5.41, 5.74) is 0. The van der Waals surface area contributed by atoms with Gasteiger partial charge in [0, 0.05) is 0 Å². The molecule has 0 fully saturated rings. The predicted molar refractivity (Wildman–Crippen MR) is 25.6 cm³/mol. The van der Waals surface area contributed by atoms with E-state index in [1.54, 1.807) is 0 Å². The molecule has 7 nitrogen and oxygen atoms in total. The van der Waals surface area contributed by atoms with Gasteiger partial charge in [-0.1, -0.05) is 0 Å². The molecule has 12 heavy (non-hydrogen) atoms. The number of carboxylic acid groups (broad SMARTS) is 2. The van der Waals surface area contributed by atoms with Crippen molar-refractivity contribution in [1.82, 2.24) is 0 Å². The molecular weight excluding hydrogens is 183 g/mol. The van der Waals surface area contributed by atoms with Crippen molar-refractivity contribution in [3.8, 4) is 0 Å². The Morgan fingerprint density at radius 1 is 1.00 bits per heavy atom. The standard InChI is InChI=1S/C4H6O6.Na.H2O/c5-1(3(7)8)2(6)4(9)10;;/h1-2,5-6H,(H,7,8)(H,9,10);;1H2/q;+1;/p-2. The first kappa shape index (κ1) is 17.8. The quantitative estimate of drug-likeness (QED) is 0.420. The molecule has 0 saturated carbocycles. The Kier molecular flexibility index (Phi) is 11.1. The Bertz CT molecular complexity index is 139. The third kappa shape index (κ3) is 5.47. The number of aliphatic hydroxyl groups excluding tert-OH is 2. The number of carbonyl (C=O) groups excluding carboxylic acids is 2. The molecule has 0 aromatic rings. The summed E-state index contributed by atoms with van der Waals surface area (Å²) in [6.07, 6.45) is -4.88. The number of carboxylic acids is 2. The van der Waals surface area contributed by atoms with Crippen LogP contribution in [0.15, 0.2) is 0 Å². The van der Waals surface area contributed by atoms with E-state index in [-0.39, 0.29) is 35.0 Å². The fraction of sp³-hybridized carbons (Fsp3) is 0.500. The van der Waals surface area contributed by atoms with Crippen LogP contribution in [0.3, 0.4) is 0 Å². The molecule has 0 rings (SSSR count). The summed E-state index contributed by atoms with van der Waals surface area (Å²) in [7, 11) is 0. The van der Waals surface area contributed by atoms with Crippen LogP contribution in [0.4, 0.5) is 0 Å². The van der Waals surface area contributed by atoms with Crippen LogP contribution in [0.25, 0.3) is 0 Å². The Hall–Kier alpha value is -0.180. The molecule has 0 aromatic carbocycles. The largest absolute Gasteiger partial charge is 1.00 e. The van der Waals surface area contributed by atoms with Gasteiger partial charge in [-0.05, 0) is 0 Å². The summed E-state index contributed by atoms with van der Waals surface area (Å²) in [6.45, 7) is 0. The van der Waals surface area contributed by atoms with Crippen LogP contribution in [0.2, 0.25) is 0 Å². The van der Waals surface area contributed by atoms with E-state index in [9.17, 15) is 19.8 Å². The molecule has 0 heterocycles. The van der Waals surface area contributed by atoms with Gasteiger partial charge in [-0.15, -0.1) is 0 Å². The normalized spacial score (nSPS) is 13.2. The zero-order chi connectivity index (χ0) is 8.31. The van der Waals surface area contributed by atoms with Gasteiger partial charge in [0.2, 0.25) is 0 Å². The van der Waals surface area contributed by atoms with Gasteiger partial charge in [0.25, 0.3) is 0 Å². The van der Waals surface area contributed by atoms with Gasteiger partial charge in [0.05, 0.1) is 11.9 Å². The van der Waals surface area contributed by atoms with Crippen LogP contribution in [0.1, 0.15) is 0 Å². The molecular formula is C4H6NaO7-. The smallest absolute Gasteiger partial charge is 0.547 e. The summed E-state index contributed by atoms with van der Waals surface area (Å²) >= 11 is 0. The average Bonchev–Trinajstić information content (AvgIpc) is 1.84. The van der Waals surface area contributed by atoms with E-state index in [2.05, 4.69) is 0 Å². The number of hydrogen-bond acceptors (Lipinski definition) is 6. The maximum Gasteiger partial charge on any atom is 1.00 e. The minimum absolute atomic E-state index is 0. The minimum Gasteiger partial charge on any atom is -0.547 e. The van der Waals surface area contributed by atoms with Crippen LogP contribution in [-0.2, 0) is 9.59 Å². The van der Waals surface area contributed by atoms with Gasteiger partial charge in [-0.3, -0.25) is 0 Å². The maximum atomic E-state index is 9.63. The third-order valence-corrected chi connectivity index (χ3v) is 0.782. The van der Waals surface area contributed by atoms with Gasteiger partial charge >= 0.3 is 29.6 Å². The van der Waals surface area contributed by atoms with Crippen molar-refractivity contribution in [3.05, 3.63) is 0 Å². The topological polar surface area (TPSA) is 152 Å². The zero-order valence-corrected chi connectivity index (χ0v) is 8.18. The number of aliphatic carboxylic acids is 2. The van der Waals surface area contributed by atoms with Crippen molar-refractivity contribution < 1.29 is 65.0 Å². The van der Waals surface area contributed by atoms with Gasteiger partial charge < -0.3 is 35.5 Å². The molecule has 0 spiro atoms. The number of aliphatic hydroxyl groups is 2. The summed E-state index contributed by atoms with van der Waals surface area (Å²) in [4.78, 5) is 19.3. The fourth-order valence-corrected chi connectivity index (χ4v) is 0.258. The maximum absolute atomic E-state index is 9.63. The molecule has 0 aromatic heterocycles. The van der Waals surface area contributed by atoms with Crippen molar-refractivity contribution in [1.29, 1.82) is 0 Å². The summed E-state index contributed by atoms with van der Waals surface area (Å²) < 4.78 is 0. The first-order chi connectivity index (χ1) is 4.46. The molecule has 0 radical (unpaired) electrons. The van der Waals surface area contributed by atoms with E-state index < -0.39 is 24.1 Å². The van der Waals surface area contributed by atoms with Crippen molar-refractivity contribution in [2.75, 3.05) is 0 Å². The monoisotopic (exact) mass is 189 g/mol. The first-order valence-electron chi connectivity index (χ1n) is 2.24. The van der Waals surface area contributed by atoms with Crippen LogP contribution in [-0.4, -0.2) is 39.8 Å². The van der Waals surface area contributed by atoms with E-state index in [0.717, 1.165) is 0 Å². The Morgan fingerprint density at radius 2 is 1.17 bits per heavy atom. The summed E-state index contributed by atoms with van der Waals surface area (Å²) in [5.74, 6) is -4.12. The second-order valence-electron chi connectivity index (χ2n) is 1.53. The summed E-state index contributed by atoms with van der Waals surface area (Å²) in [5, 5.41) is 35.7. The Balaban J connectivity index is -0.000000405. The predicted octanol–water partition coefficient (Wildman–Crippen LogP) is -8.61. The Morgan fingerprint density at radius 3 is 1.25 bits per heavy atom. The van der Waals surface area contributed by atoms with Crippen molar-refractivity contribution in [3.63, 3.8) is 0 Å². The molecule has 0 amide bonds. The van der Waals surface area contributed by atoms with E-state index in [1.807, 2.05) is 0 Å². The molecule has 0 bridgehead atoms. The van der Waals surface area contributed by atoms with Gasteiger partial charge in [-0.25, -0.2) is 0 Å². The fourth-order valence-electron chi connectivity index (χ4n) is 0.258. The first-order valence-corrected chi connectivity index (χ1v) is 2.24. The van der Waals surface area contributed by atoms with E-state index >= 15 is 0 Å². The van der Waals surface area contributed by atoms with Crippen molar-refractivity contribution in [2.45, 2.75) is 12.2 Å². The molecule has 2 unspecified atom stereocenters. The SMILES string of the molecule is O.O=C([O-])C(O)C(O)C(=O)[O-].[Na+]. The molecule has 4 N–H and O–H groups in total. The van der Waals surface area contributed by atoms with Crippen LogP contribution in [0, 0.1) is 0 Å². The van der Waals surface area contributed by atoms with E-state index in [1.165, 1.54) is 0 Å². The molecule has 66 valence electrons. The number of rotatable bonds is 3. The zero-order valence-electron chi connectivity index (χ0n) is 6.18. The van der Waals surface area contributed by atoms with Gasteiger partial charge in [0.15, 0.2) is 0 Å². The second kappa shape index (κ2) is 7.47. The van der Waals surface area contributed by atoms with Crippen molar-refractivity contribution in [2.24, 2.45) is 0 Å². The number of carbonyl (C=O) groups is 2. The van der Waals surface area contributed by atoms with Gasteiger partial charge in [0.1, 0.15) is 12.2 Å². The molecule has 0 saturated heterocycles. The molecule has 0 aliphatic carbocycles. The van der Waals surface area contributed by atoms with E-state index in [0.29, 0.717) is 0 Å². The van der Waals surface area contributed by atoms with Crippen molar-refractivity contribution >= 4 is 11.9 Å². The second-order valence-corrected chi connectivity index (χ2v) is 1.53. The minimum atomic E-state index is -2.44. The summed E-state index contributed by atoms with van der Waals surface area (Å²) in [6, 6.07) is 0. The van der Waals surface area contributed by atoms with Crippen LogP contribution < -0.4 is 39.8 Å². The molecule has 0 aliphatic heterocycles. The number of hydrogen-bond donors (Lipinski definition) is 2. The van der Waals surface area contributed by atoms with Gasteiger partial charge in [-0.2, -0.15) is 0 Å². The molecule has 8 heteroatoms. The molecule has 0 aliphatic rings. The Labute approximate surface area is 89.2 Å². The molecule has 2 atom stereocenters. The van der Waals surface area contributed by atoms with Crippen LogP contribution >= 0.6 is 0 Å². The average molecular weight is 189 g/mol. The van der Waals surface area contributed by atoms with E-state index in [4.69, 9.17) is 10.2 Å². The van der Waals surface area contributed by atoms with Crippen LogP contribution in [0.5, 0.6) is 0 Å². The third-order valence-electron chi connectivity index (χ3n) is 0.782.